The number of amides is 1. The van der Waals surface area contributed by atoms with Gasteiger partial charge in [0.2, 0.25) is 5.89 Å². The summed E-state index contributed by atoms with van der Waals surface area (Å²) in [5.41, 5.74) is 4.19. The summed E-state index contributed by atoms with van der Waals surface area (Å²) >= 11 is 5.31. The third kappa shape index (κ3) is 5.34. The van der Waals surface area contributed by atoms with Gasteiger partial charge in [0.1, 0.15) is 17.0 Å². The van der Waals surface area contributed by atoms with Crippen molar-refractivity contribution >= 4 is 45.7 Å². The number of furan rings is 1. The molecule has 0 aliphatic carbocycles. The number of phenolic OH excluding ortho intramolecular Hbond substituents is 1. The van der Waals surface area contributed by atoms with Crippen LogP contribution in [-0.2, 0) is 6.42 Å². The smallest absolute Gasteiger partial charge is 0.293 e. The number of anilines is 1. The number of carbonyl (C=O) groups is 1. The van der Waals surface area contributed by atoms with Crippen molar-refractivity contribution in [2.45, 2.75) is 20.3 Å². The minimum Gasteiger partial charge on any atom is -0.507 e. The van der Waals surface area contributed by atoms with E-state index in [9.17, 15) is 20.0 Å². The summed E-state index contributed by atoms with van der Waals surface area (Å²) < 4.78 is 11.5. The average molecular weight is 543 g/mol. The third-order valence-corrected chi connectivity index (χ3v) is 6.25. The number of hydrogen-bond acceptors (Lipinski definition) is 8. The van der Waals surface area contributed by atoms with Crippen LogP contribution in [0, 0.1) is 17.0 Å². The normalized spacial score (nSPS) is 10.9. The first kappa shape index (κ1) is 25.6. The van der Waals surface area contributed by atoms with Crippen LogP contribution in [0.25, 0.3) is 33.9 Å². The SMILES string of the molecule is CCc1ccc2oc(-c3cc(NC(=S)NC(=O)c4ccc(-c5cccc([N+](=O)[O-])c5)o4)cc(C)c3O)nc2c1. The molecule has 5 rings (SSSR count). The van der Waals surface area contributed by atoms with Gasteiger partial charge in [-0.2, -0.15) is 0 Å². The maximum Gasteiger partial charge on any atom is 0.293 e. The van der Waals surface area contributed by atoms with E-state index in [1.807, 2.05) is 18.2 Å². The van der Waals surface area contributed by atoms with Crippen LogP contribution in [0.3, 0.4) is 0 Å². The standard InChI is InChI=1S/C28H22N4O6S/c1-3-16-7-8-23-21(12-16)30-27(38-23)20-14-18(11-15(2)25(20)33)29-28(39)31-26(34)24-10-9-22(37-24)17-5-4-6-19(13-17)32(35)36/h4-14,33H,3H2,1-2H3,(H2,29,31,34,39). The Labute approximate surface area is 227 Å². The summed E-state index contributed by atoms with van der Waals surface area (Å²) in [6.07, 6.45) is 0.860. The van der Waals surface area contributed by atoms with Gasteiger partial charge in [-0.05, 0) is 73.1 Å². The molecule has 5 aromatic rings. The van der Waals surface area contributed by atoms with E-state index in [4.69, 9.17) is 21.1 Å². The molecular formula is C28H22N4O6S. The third-order valence-electron chi connectivity index (χ3n) is 6.05. The second-order valence-electron chi connectivity index (χ2n) is 8.74. The van der Waals surface area contributed by atoms with Crippen molar-refractivity contribution in [2.75, 3.05) is 5.32 Å². The molecule has 196 valence electrons. The molecule has 0 radical (unpaired) electrons. The molecule has 1 amide bonds. The lowest BCUT2D eigenvalue weighted by atomic mass is 10.1. The molecule has 0 aliphatic rings. The van der Waals surface area contributed by atoms with Gasteiger partial charge in [-0.25, -0.2) is 4.98 Å². The highest BCUT2D eigenvalue weighted by atomic mass is 32.1. The van der Waals surface area contributed by atoms with Crippen LogP contribution >= 0.6 is 12.2 Å². The summed E-state index contributed by atoms with van der Waals surface area (Å²) in [4.78, 5) is 27.8. The number of thiocarbonyl (C=S) groups is 1. The highest BCUT2D eigenvalue weighted by Crippen LogP contribution is 2.36. The number of nitro groups is 1. The van der Waals surface area contributed by atoms with Gasteiger partial charge in [-0.15, -0.1) is 0 Å². The fourth-order valence-corrected chi connectivity index (χ4v) is 4.25. The number of aromatic nitrogens is 1. The van der Waals surface area contributed by atoms with Gasteiger partial charge >= 0.3 is 0 Å². The number of carbonyl (C=O) groups excluding carboxylic acids is 1. The van der Waals surface area contributed by atoms with E-state index < -0.39 is 10.8 Å². The predicted octanol–water partition coefficient (Wildman–Crippen LogP) is 6.37. The van der Waals surface area contributed by atoms with Gasteiger partial charge in [-0.1, -0.05) is 25.1 Å². The Hall–Kier alpha value is -5.03. The topological polar surface area (TPSA) is 144 Å². The van der Waals surface area contributed by atoms with Crippen molar-refractivity contribution < 1.29 is 23.7 Å². The van der Waals surface area contributed by atoms with E-state index in [0.717, 1.165) is 12.0 Å². The fourth-order valence-electron chi connectivity index (χ4n) is 4.04. The van der Waals surface area contributed by atoms with Crippen LogP contribution in [0.15, 0.2) is 75.6 Å². The molecular weight excluding hydrogens is 520 g/mol. The Bertz CT molecular complexity index is 1760. The van der Waals surface area contributed by atoms with Crippen molar-refractivity contribution in [2.24, 2.45) is 0 Å². The molecule has 0 spiro atoms. The number of non-ortho nitro benzene ring substituents is 1. The second-order valence-corrected chi connectivity index (χ2v) is 9.15. The van der Waals surface area contributed by atoms with E-state index in [-0.39, 0.29) is 28.2 Å². The quantitative estimate of drug-likeness (QED) is 0.0965. The largest absolute Gasteiger partial charge is 0.507 e. The summed E-state index contributed by atoms with van der Waals surface area (Å²) in [5, 5.41) is 27.2. The second kappa shape index (κ2) is 10.4. The minimum atomic E-state index is -0.606. The zero-order valence-corrected chi connectivity index (χ0v) is 21.7. The lowest BCUT2D eigenvalue weighted by molar-refractivity contribution is -0.384. The number of hydrogen-bond donors (Lipinski definition) is 3. The highest BCUT2D eigenvalue weighted by Gasteiger charge is 2.18. The molecule has 0 unspecified atom stereocenters. The maximum absolute atomic E-state index is 12.7. The summed E-state index contributed by atoms with van der Waals surface area (Å²) in [7, 11) is 0. The summed E-state index contributed by atoms with van der Waals surface area (Å²) in [6, 6.07) is 17.9. The lowest BCUT2D eigenvalue weighted by Crippen LogP contribution is -2.33. The van der Waals surface area contributed by atoms with Gasteiger partial charge in [-0.3, -0.25) is 20.2 Å². The van der Waals surface area contributed by atoms with Crippen LogP contribution in [0.2, 0.25) is 0 Å². The Kier molecular flexibility index (Phi) is 6.82. The fraction of sp³-hybridized carbons (Fsp3) is 0.107. The number of nitro benzene ring substituents is 1. The Morgan fingerprint density at radius 1 is 1.10 bits per heavy atom. The van der Waals surface area contributed by atoms with Crippen LogP contribution in [-0.4, -0.2) is 26.0 Å². The van der Waals surface area contributed by atoms with E-state index in [0.29, 0.717) is 39.2 Å². The first-order chi connectivity index (χ1) is 18.7. The Morgan fingerprint density at radius 2 is 1.92 bits per heavy atom. The molecule has 3 N–H and O–H groups in total. The Morgan fingerprint density at radius 3 is 2.69 bits per heavy atom. The van der Waals surface area contributed by atoms with Crippen LogP contribution in [0.4, 0.5) is 11.4 Å². The zero-order chi connectivity index (χ0) is 27.7. The lowest BCUT2D eigenvalue weighted by Gasteiger charge is -2.12. The molecule has 11 heteroatoms. The van der Waals surface area contributed by atoms with Crippen molar-refractivity contribution in [1.29, 1.82) is 0 Å². The van der Waals surface area contributed by atoms with Gasteiger partial charge in [0.05, 0.1) is 10.5 Å². The van der Waals surface area contributed by atoms with Crippen LogP contribution < -0.4 is 10.6 Å². The van der Waals surface area contributed by atoms with Crippen molar-refractivity contribution in [3.05, 3.63) is 93.7 Å². The van der Waals surface area contributed by atoms with Gasteiger partial charge < -0.3 is 19.3 Å². The van der Waals surface area contributed by atoms with E-state index >= 15 is 0 Å². The van der Waals surface area contributed by atoms with Crippen molar-refractivity contribution in [3.8, 4) is 28.5 Å². The molecule has 3 aromatic carbocycles. The minimum absolute atomic E-state index is 0.00510. The molecule has 2 aromatic heterocycles. The molecule has 0 fully saturated rings. The number of fused-ring (bicyclic) bond motifs is 1. The monoisotopic (exact) mass is 542 g/mol. The summed E-state index contributed by atoms with van der Waals surface area (Å²) in [5.74, 6) is -0.0681. The number of aryl methyl sites for hydroxylation is 2. The van der Waals surface area contributed by atoms with Crippen LogP contribution in [0.1, 0.15) is 28.6 Å². The van der Waals surface area contributed by atoms with Crippen molar-refractivity contribution in [1.82, 2.24) is 10.3 Å². The number of phenols is 1. The van der Waals surface area contributed by atoms with E-state index in [1.165, 1.54) is 24.3 Å². The summed E-state index contributed by atoms with van der Waals surface area (Å²) in [6.45, 7) is 3.78. The predicted molar refractivity (Wildman–Crippen MR) is 150 cm³/mol. The number of rotatable bonds is 6. The molecule has 39 heavy (non-hydrogen) atoms. The van der Waals surface area contributed by atoms with E-state index in [2.05, 4.69) is 22.5 Å². The van der Waals surface area contributed by atoms with Gasteiger partial charge in [0.25, 0.3) is 11.6 Å². The first-order valence-electron chi connectivity index (χ1n) is 11.9. The molecule has 0 bridgehead atoms. The number of benzene rings is 3. The number of nitrogens with one attached hydrogen (secondary N) is 2. The number of aromatic hydroxyl groups is 1. The van der Waals surface area contributed by atoms with Gasteiger partial charge in [0.15, 0.2) is 16.5 Å². The molecule has 10 nitrogen and oxygen atoms in total. The maximum atomic E-state index is 12.7. The Balaban J connectivity index is 1.32. The molecule has 0 saturated carbocycles. The molecule has 0 saturated heterocycles. The molecule has 0 aliphatic heterocycles. The number of nitrogens with zero attached hydrogens (tertiary/aromatic N) is 2. The van der Waals surface area contributed by atoms with E-state index in [1.54, 1.807) is 31.2 Å². The molecule has 0 atom stereocenters. The highest BCUT2D eigenvalue weighted by molar-refractivity contribution is 7.80. The zero-order valence-electron chi connectivity index (χ0n) is 20.8. The molecule has 2 heterocycles. The van der Waals surface area contributed by atoms with Crippen LogP contribution in [0.5, 0.6) is 5.75 Å². The first-order valence-corrected chi connectivity index (χ1v) is 12.3. The van der Waals surface area contributed by atoms with Gasteiger partial charge in [0, 0.05) is 23.4 Å². The van der Waals surface area contributed by atoms with Crippen molar-refractivity contribution in [3.63, 3.8) is 0 Å². The average Bonchev–Trinajstić information content (AvgIpc) is 3.58. The number of oxazole rings is 1.